The number of carbonyl (C=O) groups is 1. The quantitative estimate of drug-likeness (QED) is 0.669. The normalized spacial score (nSPS) is 10.3. The van der Waals surface area contributed by atoms with E-state index in [1.807, 2.05) is 24.5 Å². The van der Waals surface area contributed by atoms with Crippen molar-refractivity contribution in [2.24, 2.45) is 5.73 Å². The fourth-order valence-corrected chi connectivity index (χ4v) is 2.51. The number of ether oxygens (including phenoxy) is 1. The summed E-state index contributed by atoms with van der Waals surface area (Å²) in [5.74, 6) is 0.180. The van der Waals surface area contributed by atoms with Crippen molar-refractivity contribution in [3.05, 3.63) is 47.0 Å². The third kappa shape index (κ3) is 3.00. The molecule has 0 saturated carbocycles. The minimum atomic E-state index is -0.643. The first-order chi connectivity index (χ1) is 9.52. The zero-order valence-corrected chi connectivity index (χ0v) is 12.3. The molecule has 0 aliphatic heterocycles. The third-order valence-electron chi connectivity index (χ3n) is 2.61. The SMILES string of the molecule is CSc1ccccc1Oc1c(Cl)cc(N)cc1C(N)=O. The van der Waals surface area contributed by atoms with E-state index >= 15 is 0 Å². The Balaban J connectivity index is 2.50. The molecule has 0 unspecified atom stereocenters. The van der Waals surface area contributed by atoms with Gasteiger partial charge in [-0.3, -0.25) is 4.79 Å². The number of anilines is 1. The highest BCUT2D eigenvalue weighted by atomic mass is 35.5. The van der Waals surface area contributed by atoms with Crippen LogP contribution in [0.3, 0.4) is 0 Å². The maximum absolute atomic E-state index is 11.5. The lowest BCUT2D eigenvalue weighted by Crippen LogP contribution is -2.13. The highest BCUT2D eigenvalue weighted by molar-refractivity contribution is 7.98. The van der Waals surface area contributed by atoms with Crippen molar-refractivity contribution in [3.63, 3.8) is 0 Å². The van der Waals surface area contributed by atoms with Crippen molar-refractivity contribution in [1.29, 1.82) is 0 Å². The Morgan fingerprint density at radius 3 is 2.65 bits per heavy atom. The van der Waals surface area contributed by atoms with Gasteiger partial charge in [0.2, 0.25) is 0 Å². The van der Waals surface area contributed by atoms with E-state index in [0.717, 1.165) is 4.90 Å². The number of hydrogen-bond acceptors (Lipinski definition) is 4. The summed E-state index contributed by atoms with van der Waals surface area (Å²) in [5, 5.41) is 0.245. The van der Waals surface area contributed by atoms with Gasteiger partial charge in [0.1, 0.15) is 5.75 Å². The average molecular weight is 309 g/mol. The van der Waals surface area contributed by atoms with Gasteiger partial charge in [0.25, 0.3) is 5.91 Å². The summed E-state index contributed by atoms with van der Waals surface area (Å²) in [6.07, 6.45) is 1.93. The van der Waals surface area contributed by atoms with E-state index in [4.69, 9.17) is 27.8 Å². The average Bonchev–Trinajstić information content (AvgIpc) is 2.41. The molecule has 0 fully saturated rings. The lowest BCUT2D eigenvalue weighted by atomic mass is 10.1. The van der Waals surface area contributed by atoms with Crippen molar-refractivity contribution >= 4 is 35.0 Å². The van der Waals surface area contributed by atoms with E-state index in [-0.39, 0.29) is 16.3 Å². The molecule has 0 aromatic heterocycles. The molecule has 0 bridgehead atoms. The molecule has 0 spiro atoms. The number of thioether (sulfide) groups is 1. The van der Waals surface area contributed by atoms with Gasteiger partial charge < -0.3 is 16.2 Å². The Bertz CT molecular complexity index is 662. The zero-order chi connectivity index (χ0) is 14.7. The Hall–Kier alpha value is -1.85. The minimum absolute atomic E-state index is 0.158. The standard InChI is InChI=1S/C14H13ClN2O2S/c1-20-12-5-3-2-4-11(12)19-13-9(14(17)18)6-8(16)7-10(13)15/h2-7H,16H2,1H3,(H2,17,18). The maximum atomic E-state index is 11.5. The first-order valence-corrected chi connectivity index (χ1v) is 7.33. The largest absolute Gasteiger partial charge is 0.454 e. The fraction of sp³-hybridized carbons (Fsp3) is 0.0714. The number of nitrogens with two attached hydrogens (primary N) is 2. The van der Waals surface area contributed by atoms with Gasteiger partial charge >= 0.3 is 0 Å². The number of hydrogen-bond donors (Lipinski definition) is 2. The summed E-state index contributed by atoms with van der Waals surface area (Å²) in [6.45, 7) is 0. The Morgan fingerprint density at radius 2 is 2.00 bits per heavy atom. The molecule has 6 heteroatoms. The number of nitrogen functional groups attached to an aromatic ring is 1. The van der Waals surface area contributed by atoms with Crippen molar-refractivity contribution in [2.75, 3.05) is 12.0 Å². The van der Waals surface area contributed by atoms with E-state index < -0.39 is 5.91 Å². The Kier molecular flexibility index (Phi) is 4.42. The van der Waals surface area contributed by atoms with Gasteiger partial charge in [0.05, 0.1) is 10.6 Å². The predicted octanol–water partition coefficient (Wildman–Crippen LogP) is 3.54. The molecule has 4 N–H and O–H groups in total. The van der Waals surface area contributed by atoms with Crippen LogP contribution in [0.25, 0.3) is 0 Å². The monoisotopic (exact) mass is 308 g/mol. The first kappa shape index (κ1) is 14.6. The van der Waals surface area contributed by atoms with Crippen LogP contribution in [0.2, 0.25) is 5.02 Å². The summed E-state index contributed by atoms with van der Waals surface area (Å²) in [4.78, 5) is 12.4. The molecule has 1 amide bonds. The molecule has 4 nitrogen and oxygen atoms in total. The molecule has 0 atom stereocenters. The second-order valence-electron chi connectivity index (χ2n) is 4.00. The lowest BCUT2D eigenvalue weighted by molar-refractivity contribution is 0.0998. The molecule has 0 aliphatic carbocycles. The van der Waals surface area contributed by atoms with Gasteiger partial charge in [0, 0.05) is 10.6 Å². The number of benzene rings is 2. The molecule has 104 valence electrons. The number of carbonyl (C=O) groups excluding carboxylic acids is 1. The van der Waals surface area contributed by atoms with E-state index in [1.165, 1.54) is 23.9 Å². The zero-order valence-electron chi connectivity index (χ0n) is 10.7. The summed E-state index contributed by atoms with van der Waals surface area (Å²) in [6, 6.07) is 10.4. The molecule has 0 saturated heterocycles. The molecular formula is C14H13ClN2O2S. The van der Waals surface area contributed by atoms with Crippen molar-refractivity contribution < 1.29 is 9.53 Å². The van der Waals surface area contributed by atoms with Crippen LogP contribution in [0.5, 0.6) is 11.5 Å². The maximum Gasteiger partial charge on any atom is 0.252 e. The van der Waals surface area contributed by atoms with Crippen LogP contribution < -0.4 is 16.2 Å². The third-order valence-corrected chi connectivity index (χ3v) is 3.67. The molecule has 0 heterocycles. The van der Waals surface area contributed by atoms with Crippen LogP contribution in [-0.4, -0.2) is 12.2 Å². The summed E-state index contributed by atoms with van der Waals surface area (Å²) in [5.41, 5.74) is 11.5. The van der Waals surface area contributed by atoms with Crippen LogP contribution >= 0.6 is 23.4 Å². The van der Waals surface area contributed by atoms with Gasteiger partial charge in [-0.2, -0.15) is 0 Å². The second kappa shape index (κ2) is 6.07. The van der Waals surface area contributed by atoms with Gasteiger partial charge in [-0.1, -0.05) is 23.7 Å². The first-order valence-electron chi connectivity index (χ1n) is 5.72. The minimum Gasteiger partial charge on any atom is -0.454 e. The topological polar surface area (TPSA) is 78.3 Å². The van der Waals surface area contributed by atoms with Crippen molar-refractivity contribution in [3.8, 4) is 11.5 Å². The predicted molar refractivity (Wildman–Crippen MR) is 82.7 cm³/mol. The highest BCUT2D eigenvalue weighted by Gasteiger charge is 2.16. The van der Waals surface area contributed by atoms with Crippen LogP contribution in [0.4, 0.5) is 5.69 Å². The van der Waals surface area contributed by atoms with E-state index in [0.29, 0.717) is 11.4 Å². The molecule has 0 aliphatic rings. The molecule has 0 radical (unpaired) electrons. The number of para-hydroxylation sites is 1. The highest BCUT2D eigenvalue weighted by Crippen LogP contribution is 2.38. The van der Waals surface area contributed by atoms with Crippen LogP contribution in [0, 0.1) is 0 Å². The van der Waals surface area contributed by atoms with E-state index in [2.05, 4.69) is 0 Å². The summed E-state index contributed by atoms with van der Waals surface area (Å²) < 4.78 is 5.77. The number of rotatable bonds is 4. The van der Waals surface area contributed by atoms with Crippen LogP contribution in [0.1, 0.15) is 10.4 Å². The van der Waals surface area contributed by atoms with Gasteiger partial charge in [-0.15, -0.1) is 11.8 Å². The second-order valence-corrected chi connectivity index (χ2v) is 5.25. The Labute approximate surface area is 126 Å². The Morgan fingerprint density at radius 1 is 1.30 bits per heavy atom. The van der Waals surface area contributed by atoms with Gasteiger partial charge in [-0.05, 0) is 30.5 Å². The number of primary amides is 1. The smallest absolute Gasteiger partial charge is 0.252 e. The van der Waals surface area contributed by atoms with Crippen molar-refractivity contribution in [2.45, 2.75) is 4.90 Å². The van der Waals surface area contributed by atoms with Gasteiger partial charge in [-0.25, -0.2) is 0 Å². The van der Waals surface area contributed by atoms with E-state index in [1.54, 1.807) is 6.07 Å². The molecule has 2 aromatic rings. The van der Waals surface area contributed by atoms with E-state index in [9.17, 15) is 4.79 Å². The fourth-order valence-electron chi connectivity index (χ4n) is 1.71. The molecule has 2 rings (SSSR count). The molecular weight excluding hydrogens is 296 g/mol. The number of amides is 1. The van der Waals surface area contributed by atoms with Gasteiger partial charge in [0.15, 0.2) is 5.75 Å². The molecule has 2 aromatic carbocycles. The molecule has 20 heavy (non-hydrogen) atoms. The number of halogens is 1. The lowest BCUT2D eigenvalue weighted by Gasteiger charge is -2.14. The van der Waals surface area contributed by atoms with Crippen LogP contribution in [0.15, 0.2) is 41.3 Å². The van der Waals surface area contributed by atoms with Crippen molar-refractivity contribution in [1.82, 2.24) is 0 Å². The summed E-state index contributed by atoms with van der Waals surface area (Å²) in [7, 11) is 0. The summed E-state index contributed by atoms with van der Waals surface area (Å²) >= 11 is 7.63. The van der Waals surface area contributed by atoms with Crippen LogP contribution in [-0.2, 0) is 0 Å².